The molecule has 1 saturated heterocycles. The SMILES string of the molecule is C[C@H](Nc1ccc(OCc2cccc(F)c2)c(Cl)c1)C(=O)N1CCOCC1. The van der Waals surface area contributed by atoms with Crippen LogP contribution in [0.1, 0.15) is 12.5 Å². The molecule has 0 aromatic heterocycles. The molecule has 144 valence electrons. The molecule has 0 radical (unpaired) electrons. The zero-order valence-electron chi connectivity index (χ0n) is 15.1. The standard InChI is InChI=1S/C20H22ClFN2O3/c1-14(20(25)24-7-9-26-10-8-24)23-17-5-6-19(18(21)12-17)27-13-15-3-2-4-16(22)11-15/h2-6,11-12,14,23H,7-10,13H2,1H3/t14-/m0/s1. The predicted octanol–water partition coefficient (Wildman–Crippen LogP) is 3.72. The van der Waals surface area contributed by atoms with Crippen LogP contribution in [-0.4, -0.2) is 43.2 Å². The Labute approximate surface area is 163 Å². The number of benzene rings is 2. The minimum absolute atomic E-state index is 0.0286. The summed E-state index contributed by atoms with van der Waals surface area (Å²) in [6, 6.07) is 11.1. The van der Waals surface area contributed by atoms with Crippen LogP contribution in [0.4, 0.5) is 10.1 Å². The maximum atomic E-state index is 13.2. The van der Waals surface area contributed by atoms with Gasteiger partial charge in [-0.1, -0.05) is 23.7 Å². The van der Waals surface area contributed by atoms with Crippen LogP contribution in [0, 0.1) is 5.82 Å². The smallest absolute Gasteiger partial charge is 0.244 e. The molecule has 2 aromatic rings. The first-order valence-electron chi connectivity index (χ1n) is 8.83. The number of carbonyl (C=O) groups is 1. The molecule has 1 heterocycles. The Hall–Kier alpha value is -2.31. The number of rotatable bonds is 6. The van der Waals surface area contributed by atoms with Gasteiger partial charge in [-0.05, 0) is 42.8 Å². The molecule has 2 aromatic carbocycles. The van der Waals surface area contributed by atoms with Crippen molar-refractivity contribution in [3.05, 3.63) is 58.9 Å². The molecule has 3 rings (SSSR count). The van der Waals surface area contributed by atoms with Crippen LogP contribution in [-0.2, 0) is 16.1 Å². The molecule has 7 heteroatoms. The van der Waals surface area contributed by atoms with Gasteiger partial charge in [0.1, 0.15) is 24.2 Å². The van der Waals surface area contributed by atoms with Gasteiger partial charge in [-0.25, -0.2) is 4.39 Å². The van der Waals surface area contributed by atoms with Gasteiger partial charge >= 0.3 is 0 Å². The first-order valence-corrected chi connectivity index (χ1v) is 9.20. The summed E-state index contributed by atoms with van der Waals surface area (Å²) in [7, 11) is 0. The summed E-state index contributed by atoms with van der Waals surface area (Å²) in [5, 5.41) is 3.59. The summed E-state index contributed by atoms with van der Waals surface area (Å²) < 4.78 is 24.2. The Morgan fingerprint density at radius 2 is 2.07 bits per heavy atom. The predicted molar refractivity (Wildman–Crippen MR) is 103 cm³/mol. The van der Waals surface area contributed by atoms with Crippen LogP contribution >= 0.6 is 11.6 Å². The molecule has 1 fully saturated rings. The van der Waals surface area contributed by atoms with Gasteiger partial charge in [0.05, 0.1) is 18.2 Å². The second-order valence-electron chi connectivity index (χ2n) is 6.37. The zero-order valence-corrected chi connectivity index (χ0v) is 15.8. The highest BCUT2D eigenvalue weighted by Gasteiger charge is 2.22. The van der Waals surface area contributed by atoms with Gasteiger partial charge in [-0.15, -0.1) is 0 Å². The van der Waals surface area contributed by atoms with Gasteiger partial charge in [0, 0.05) is 18.8 Å². The fourth-order valence-electron chi connectivity index (χ4n) is 2.86. The number of anilines is 1. The number of morpholine rings is 1. The fourth-order valence-corrected chi connectivity index (χ4v) is 3.10. The Bertz CT molecular complexity index is 797. The van der Waals surface area contributed by atoms with Gasteiger partial charge in [0.2, 0.25) is 5.91 Å². The molecule has 0 saturated carbocycles. The van der Waals surface area contributed by atoms with Crippen LogP contribution in [0.5, 0.6) is 5.75 Å². The largest absolute Gasteiger partial charge is 0.487 e. The van der Waals surface area contributed by atoms with E-state index in [1.54, 1.807) is 35.2 Å². The number of amides is 1. The third kappa shape index (κ3) is 5.34. The van der Waals surface area contributed by atoms with Crippen molar-refractivity contribution in [2.24, 2.45) is 0 Å². The summed E-state index contributed by atoms with van der Waals surface area (Å²) in [6.45, 7) is 4.40. The Morgan fingerprint density at radius 1 is 1.30 bits per heavy atom. The molecule has 1 aliphatic rings. The van der Waals surface area contributed by atoms with E-state index in [9.17, 15) is 9.18 Å². The van der Waals surface area contributed by atoms with E-state index >= 15 is 0 Å². The summed E-state index contributed by atoms with van der Waals surface area (Å²) in [5.41, 5.74) is 1.45. The van der Waals surface area contributed by atoms with E-state index in [4.69, 9.17) is 21.1 Å². The van der Waals surface area contributed by atoms with Crippen molar-refractivity contribution in [2.45, 2.75) is 19.6 Å². The van der Waals surface area contributed by atoms with Crippen molar-refractivity contribution in [1.82, 2.24) is 4.90 Å². The van der Waals surface area contributed by atoms with Crippen LogP contribution in [0.2, 0.25) is 5.02 Å². The third-order valence-electron chi connectivity index (χ3n) is 4.29. The second-order valence-corrected chi connectivity index (χ2v) is 6.77. The van der Waals surface area contributed by atoms with E-state index in [0.717, 1.165) is 11.3 Å². The average molecular weight is 393 g/mol. The van der Waals surface area contributed by atoms with Crippen LogP contribution in [0.25, 0.3) is 0 Å². The highest BCUT2D eigenvalue weighted by molar-refractivity contribution is 6.32. The number of carbonyl (C=O) groups excluding carboxylic acids is 1. The molecule has 0 bridgehead atoms. The summed E-state index contributed by atoms with van der Waals surface area (Å²) in [4.78, 5) is 14.3. The van der Waals surface area contributed by atoms with Crippen molar-refractivity contribution >= 4 is 23.2 Å². The lowest BCUT2D eigenvalue weighted by molar-refractivity contribution is -0.135. The summed E-state index contributed by atoms with van der Waals surface area (Å²) in [6.07, 6.45) is 0. The summed E-state index contributed by atoms with van der Waals surface area (Å²) >= 11 is 6.29. The second kappa shape index (κ2) is 9.06. The van der Waals surface area contributed by atoms with Crippen molar-refractivity contribution in [2.75, 3.05) is 31.6 Å². The van der Waals surface area contributed by atoms with E-state index in [1.165, 1.54) is 12.1 Å². The van der Waals surface area contributed by atoms with Crippen molar-refractivity contribution in [3.63, 3.8) is 0 Å². The van der Waals surface area contributed by atoms with Gasteiger partial charge in [0.15, 0.2) is 0 Å². The molecule has 1 aliphatic heterocycles. The van der Waals surface area contributed by atoms with E-state index < -0.39 is 0 Å². The molecule has 0 unspecified atom stereocenters. The first-order chi connectivity index (χ1) is 13.0. The Kier molecular flexibility index (Phi) is 6.53. The third-order valence-corrected chi connectivity index (χ3v) is 4.59. The number of nitrogens with zero attached hydrogens (tertiary/aromatic N) is 1. The van der Waals surface area contributed by atoms with Crippen molar-refractivity contribution < 1.29 is 18.7 Å². The number of hydrogen-bond acceptors (Lipinski definition) is 4. The molecule has 1 N–H and O–H groups in total. The summed E-state index contributed by atoms with van der Waals surface area (Å²) in [5.74, 6) is 0.222. The van der Waals surface area contributed by atoms with Crippen LogP contribution < -0.4 is 10.1 Å². The quantitative estimate of drug-likeness (QED) is 0.814. The van der Waals surface area contributed by atoms with E-state index in [1.807, 2.05) is 6.92 Å². The minimum Gasteiger partial charge on any atom is -0.487 e. The van der Waals surface area contributed by atoms with Gasteiger partial charge in [-0.3, -0.25) is 4.79 Å². The molecule has 27 heavy (non-hydrogen) atoms. The number of halogens is 2. The lowest BCUT2D eigenvalue weighted by Gasteiger charge is -2.29. The van der Waals surface area contributed by atoms with Crippen molar-refractivity contribution in [1.29, 1.82) is 0 Å². The van der Waals surface area contributed by atoms with Gasteiger partial charge in [0.25, 0.3) is 0 Å². The van der Waals surface area contributed by atoms with Gasteiger partial charge in [-0.2, -0.15) is 0 Å². The van der Waals surface area contributed by atoms with Gasteiger partial charge < -0.3 is 19.7 Å². The van der Waals surface area contributed by atoms with E-state index in [2.05, 4.69) is 5.32 Å². The molecule has 1 amide bonds. The number of ether oxygens (including phenoxy) is 2. The fraction of sp³-hybridized carbons (Fsp3) is 0.350. The maximum Gasteiger partial charge on any atom is 0.244 e. The van der Waals surface area contributed by atoms with Crippen LogP contribution in [0.15, 0.2) is 42.5 Å². The first kappa shape index (κ1) is 19.5. The number of hydrogen-bond donors (Lipinski definition) is 1. The number of nitrogens with one attached hydrogen (secondary N) is 1. The molecular weight excluding hydrogens is 371 g/mol. The molecule has 5 nitrogen and oxygen atoms in total. The average Bonchev–Trinajstić information content (AvgIpc) is 2.67. The topological polar surface area (TPSA) is 50.8 Å². The molecule has 0 spiro atoms. The highest BCUT2D eigenvalue weighted by atomic mass is 35.5. The van der Waals surface area contributed by atoms with E-state index in [-0.39, 0.29) is 24.4 Å². The monoisotopic (exact) mass is 392 g/mol. The van der Waals surface area contributed by atoms with Crippen molar-refractivity contribution in [3.8, 4) is 5.75 Å². The molecule has 0 aliphatic carbocycles. The molecule has 1 atom stereocenters. The Morgan fingerprint density at radius 3 is 2.78 bits per heavy atom. The minimum atomic E-state index is -0.377. The highest BCUT2D eigenvalue weighted by Crippen LogP contribution is 2.29. The Balaban J connectivity index is 1.58. The maximum absolute atomic E-state index is 13.2. The van der Waals surface area contributed by atoms with Crippen LogP contribution in [0.3, 0.4) is 0 Å². The normalized spacial score (nSPS) is 15.3. The molecular formula is C20H22ClFN2O3. The lowest BCUT2D eigenvalue weighted by Crippen LogP contribution is -2.46. The zero-order chi connectivity index (χ0) is 19.2. The lowest BCUT2D eigenvalue weighted by atomic mass is 10.2. The van der Waals surface area contributed by atoms with E-state index in [0.29, 0.717) is 37.1 Å².